The van der Waals surface area contributed by atoms with Crippen molar-refractivity contribution in [1.82, 2.24) is 5.32 Å². The molecule has 1 heterocycles. The van der Waals surface area contributed by atoms with Crippen LogP contribution in [0.2, 0.25) is 0 Å². The molecule has 8 heteroatoms. The molecule has 0 aliphatic carbocycles. The molecular formula is C21H21F2NO5. The van der Waals surface area contributed by atoms with Gasteiger partial charge >= 0.3 is 12.6 Å². The largest absolute Gasteiger partial charge is 0.454 e. The fourth-order valence-electron chi connectivity index (χ4n) is 3.04. The van der Waals surface area contributed by atoms with Crippen molar-refractivity contribution in [3.63, 3.8) is 0 Å². The molecule has 1 saturated heterocycles. The van der Waals surface area contributed by atoms with E-state index in [-0.39, 0.29) is 5.75 Å². The first-order chi connectivity index (χ1) is 14.0. The molecule has 0 aromatic heterocycles. The van der Waals surface area contributed by atoms with Crippen LogP contribution >= 0.6 is 0 Å². The van der Waals surface area contributed by atoms with Crippen molar-refractivity contribution in [2.75, 3.05) is 13.2 Å². The van der Waals surface area contributed by atoms with Gasteiger partial charge in [-0.3, -0.25) is 4.79 Å². The van der Waals surface area contributed by atoms with Crippen molar-refractivity contribution in [1.29, 1.82) is 0 Å². The fraction of sp³-hybridized carbons (Fsp3) is 0.333. The van der Waals surface area contributed by atoms with E-state index in [1.54, 1.807) is 12.1 Å². The number of amides is 1. The van der Waals surface area contributed by atoms with Crippen LogP contribution in [0, 0.1) is 0 Å². The number of alkyl halides is 2. The number of nitrogens with one attached hydrogen (secondary N) is 1. The van der Waals surface area contributed by atoms with E-state index in [4.69, 9.17) is 9.47 Å². The smallest absolute Gasteiger partial charge is 0.387 e. The highest BCUT2D eigenvalue weighted by Crippen LogP contribution is 2.25. The number of ether oxygens (including phenoxy) is 3. The molecule has 0 radical (unpaired) electrons. The van der Waals surface area contributed by atoms with E-state index in [9.17, 15) is 18.4 Å². The van der Waals surface area contributed by atoms with Gasteiger partial charge in [-0.25, -0.2) is 4.79 Å². The van der Waals surface area contributed by atoms with Gasteiger partial charge in [-0.15, -0.1) is 0 Å². The number of rotatable bonds is 8. The first-order valence-corrected chi connectivity index (χ1v) is 9.20. The summed E-state index contributed by atoms with van der Waals surface area (Å²) >= 11 is 0. The molecule has 2 aromatic carbocycles. The molecular weight excluding hydrogens is 384 g/mol. The van der Waals surface area contributed by atoms with Gasteiger partial charge in [-0.2, -0.15) is 8.78 Å². The number of benzene rings is 2. The molecule has 29 heavy (non-hydrogen) atoms. The standard InChI is InChI=1S/C21H21F2NO5/c22-21(23)29-16-10-8-15(9-11-16)19(14-5-2-1-3-6-14)24-18(25)13-28-20(26)17-7-4-12-27-17/h1-3,5-6,8-11,17,19,21H,4,7,12-13H2,(H,24,25)/t17-,19-/m1/s1. The van der Waals surface area contributed by atoms with E-state index in [1.807, 2.05) is 30.3 Å². The molecule has 1 N–H and O–H groups in total. The van der Waals surface area contributed by atoms with E-state index in [1.165, 1.54) is 12.1 Å². The SMILES string of the molecule is O=C(COC(=O)[C@H]1CCCO1)N[C@H](c1ccccc1)c1ccc(OC(F)F)cc1. The van der Waals surface area contributed by atoms with E-state index >= 15 is 0 Å². The lowest BCUT2D eigenvalue weighted by Gasteiger charge is -2.20. The molecule has 0 saturated carbocycles. The summed E-state index contributed by atoms with van der Waals surface area (Å²) in [6.07, 6.45) is 0.753. The molecule has 2 atom stereocenters. The Balaban J connectivity index is 1.67. The van der Waals surface area contributed by atoms with Gasteiger partial charge in [0.1, 0.15) is 5.75 Å². The maximum atomic E-state index is 12.4. The average molecular weight is 405 g/mol. The molecule has 0 unspecified atom stereocenters. The van der Waals surface area contributed by atoms with Crippen molar-refractivity contribution >= 4 is 11.9 Å². The second-order valence-electron chi connectivity index (χ2n) is 6.47. The molecule has 1 aliphatic rings. The third kappa shape index (κ3) is 5.99. The highest BCUT2D eigenvalue weighted by atomic mass is 19.3. The van der Waals surface area contributed by atoms with Crippen LogP contribution in [-0.2, 0) is 19.1 Å². The first kappa shape index (κ1) is 20.7. The van der Waals surface area contributed by atoms with E-state index in [2.05, 4.69) is 10.1 Å². The molecule has 0 spiro atoms. The Morgan fingerprint density at radius 1 is 1.07 bits per heavy atom. The van der Waals surface area contributed by atoms with E-state index in [0.717, 1.165) is 12.0 Å². The summed E-state index contributed by atoms with van der Waals surface area (Å²) in [4.78, 5) is 24.3. The lowest BCUT2D eigenvalue weighted by atomic mass is 9.98. The fourth-order valence-corrected chi connectivity index (χ4v) is 3.04. The van der Waals surface area contributed by atoms with Gasteiger partial charge < -0.3 is 19.5 Å². The predicted octanol–water partition coefficient (Wildman–Crippen LogP) is 3.22. The summed E-state index contributed by atoms with van der Waals surface area (Å²) in [5, 5.41) is 2.81. The van der Waals surface area contributed by atoms with Crippen LogP contribution in [0.25, 0.3) is 0 Å². The number of carbonyl (C=O) groups excluding carboxylic acids is 2. The third-order valence-corrected chi connectivity index (χ3v) is 4.41. The van der Waals surface area contributed by atoms with Crippen LogP contribution < -0.4 is 10.1 Å². The van der Waals surface area contributed by atoms with Gasteiger partial charge in [0.25, 0.3) is 5.91 Å². The van der Waals surface area contributed by atoms with Crippen LogP contribution in [-0.4, -0.2) is 37.8 Å². The zero-order chi connectivity index (χ0) is 20.6. The van der Waals surface area contributed by atoms with Crippen LogP contribution in [0.5, 0.6) is 5.75 Å². The quantitative estimate of drug-likeness (QED) is 0.683. The summed E-state index contributed by atoms with van der Waals surface area (Å²) in [7, 11) is 0. The zero-order valence-corrected chi connectivity index (χ0v) is 15.6. The monoisotopic (exact) mass is 405 g/mol. The Kier molecular flexibility index (Phi) is 7.13. The molecule has 1 aliphatic heterocycles. The van der Waals surface area contributed by atoms with Gasteiger partial charge in [0.15, 0.2) is 12.7 Å². The molecule has 154 valence electrons. The van der Waals surface area contributed by atoms with E-state index < -0.39 is 37.2 Å². The number of hydrogen-bond donors (Lipinski definition) is 1. The van der Waals surface area contributed by atoms with Crippen molar-refractivity contribution < 1.29 is 32.6 Å². The molecule has 2 aromatic rings. The summed E-state index contributed by atoms with van der Waals surface area (Å²) in [5.41, 5.74) is 1.45. The summed E-state index contributed by atoms with van der Waals surface area (Å²) in [5.74, 6) is -1.02. The lowest BCUT2D eigenvalue weighted by molar-refractivity contribution is -0.157. The van der Waals surface area contributed by atoms with Crippen molar-refractivity contribution in [2.45, 2.75) is 31.6 Å². The van der Waals surface area contributed by atoms with E-state index in [0.29, 0.717) is 18.6 Å². The van der Waals surface area contributed by atoms with Crippen LogP contribution in [0.4, 0.5) is 8.78 Å². The maximum Gasteiger partial charge on any atom is 0.387 e. The van der Waals surface area contributed by atoms with Crippen molar-refractivity contribution in [2.24, 2.45) is 0 Å². The van der Waals surface area contributed by atoms with Crippen LogP contribution in [0.3, 0.4) is 0 Å². The topological polar surface area (TPSA) is 73.9 Å². The Bertz CT molecular complexity index is 808. The zero-order valence-electron chi connectivity index (χ0n) is 15.6. The van der Waals surface area contributed by atoms with Gasteiger partial charge in [0.2, 0.25) is 0 Å². The minimum Gasteiger partial charge on any atom is -0.454 e. The summed E-state index contributed by atoms with van der Waals surface area (Å²) in [6, 6.07) is 14.6. The lowest BCUT2D eigenvalue weighted by Crippen LogP contribution is -2.34. The number of esters is 1. The van der Waals surface area contributed by atoms with Crippen molar-refractivity contribution in [3.05, 3.63) is 65.7 Å². The number of halogens is 2. The van der Waals surface area contributed by atoms with Gasteiger partial charge in [0.05, 0.1) is 6.04 Å². The number of hydrogen-bond acceptors (Lipinski definition) is 5. The minimum atomic E-state index is -2.91. The Hall–Kier alpha value is -3.00. The number of carbonyl (C=O) groups is 2. The second-order valence-corrected chi connectivity index (χ2v) is 6.47. The van der Waals surface area contributed by atoms with Gasteiger partial charge in [-0.1, -0.05) is 42.5 Å². The summed E-state index contributed by atoms with van der Waals surface area (Å²) < 4.78 is 39.3. The average Bonchev–Trinajstić information content (AvgIpc) is 3.26. The molecule has 0 bridgehead atoms. The molecule has 3 rings (SSSR count). The Morgan fingerprint density at radius 2 is 1.76 bits per heavy atom. The predicted molar refractivity (Wildman–Crippen MR) is 99.4 cm³/mol. The highest BCUT2D eigenvalue weighted by molar-refractivity contribution is 5.82. The molecule has 1 fully saturated rings. The summed E-state index contributed by atoms with van der Waals surface area (Å²) in [6.45, 7) is -2.84. The molecule has 1 amide bonds. The third-order valence-electron chi connectivity index (χ3n) is 4.41. The molecule has 6 nitrogen and oxygen atoms in total. The maximum absolute atomic E-state index is 12.4. The van der Waals surface area contributed by atoms with Crippen molar-refractivity contribution in [3.8, 4) is 5.75 Å². The Labute approximate surface area is 166 Å². The van der Waals surface area contributed by atoms with Gasteiger partial charge in [0, 0.05) is 6.61 Å². The second kappa shape index (κ2) is 9.97. The first-order valence-electron chi connectivity index (χ1n) is 9.20. The minimum absolute atomic E-state index is 0.0207. The van der Waals surface area contributed by atoms with Crippen LogP contribution in [0.1, 0.15) is 30.0 Å². The highest BCUT2D eigenvalue weighted by Gasteiger charge is 2.26. The van der Waals surface area contributed by atoms with Gasteiger partial charge in [-0.05, 0) is 36.1 Å². The van der Waals surface area contributed by atoms with Crippen LogP contribution in [0.15, 0.2) is 54.6 Å². The normalized spacial score (nSPS) is 17.0. The Morgan fingerprint density at radius 3 is 2.38 bits per heavy atom.